The molecule has 0 fully saturated rings. The highest BCUT2D eigenvalue weighted by atomic mass is 15.3. The Morgan fingerprint density at radius 1 is 1.17 bits per heavy atom. The molecule has 18 heavy (non-hydrogen) atoms. The number of benzene rings is 1. The van der Waals surface area contributed by atoms with Crippen LogP contribution < -0.4 is 5.73 Å². The van der Waals surface area contributed by atoms with Crippen LogP contribution in [0.15, 0.2) is 36.5 Å². The summed E-state index contributed by atoms with van der Waals surface area (Å²) in [6.45, 7) is 2.13. The van der Waals surface area contributed by atoms with E-state index in [1.165, 1.54) is 5.56 Å². The van der Waals surface area contributed by atoms with E-state index in [4.69, 9.17) is 5.73 Å². The maximum absolute atomic E-state index is 5.61. The van der Waals surface area contributed by atoms with Gasteiger partial charge in [0.15, 0.2) is 11.5 Å². The third-order valence-electron chi connectivity index (χ3n) is 2.89. The molecule has 0 unspecified atom stereocenters. The average Bonchev–Trinajstić information content (AvgIpc) is 2.79. The van der Waals surface area contributed by atoms with Crippen LogP contribution in [0.2, 0.25) is 0 Å². The molecule has 90 valence electrons. The molecule has 5 heteroatoms. The molecule has 2 heterocycles. The minimum absolute atomic E-state index is 0.259. The summed E-state index contributed by atoms with van der Waals surface area (Å²) in [5.74, 6) is 1.01. The van der Waals surface area contributed by atoms with E-state index in [-0.39, 0.29) is 5.95 Å². The first-order valence-electron chi connectivity index (χ1n) is 5.84. The van der Waals surface area contributed by atoms with Crippen LogP contribution in [0.4, 0.5) is 5.95 Å². The summed E-state index contributed by atoms with van der Waals surface area (Å²) in [5, 5.41) is 4.15. The van der Waals surface area contributed by atoms with Crippen molar-refractivity contribution in [3.05, 3.63) is 42.1 Å². The van der Waals surface area contributed by atoms with Crippen molar-refractivity contribution in [3.8, 4) is 11.4 Å². The van der Waals surface area contributed by atoms with Gasteiger partial charge in [-0.2, -0.15) is 9.50 Å². The van der Waals surface area contributed by atoms with Gasteiger partial charge >= 0.3 is 0 Å². The molecule has 3 aromatic rings. The third-order valence-corrected chi connectivity index (χ3v) is 2.89. The molecule has 5 nitrogen and oxygen atoms in total. The first kappa shape index (κ1) is 10.7. The molecule has 2 N–H and O–H groups in total. The summed E-state index contributed by atoms with van der Waals surface area (Å²) in [6, 6.07) is 10.1. The number of fused-ring (bicyclic) bond motifs is 1. The van der Waals surface area contributed by atoms with Gasteiger partial charge in [0.2, 0.25) is 5.95 Å². The molecule has 0 aliphatic heterocycles. The Hall–Kier alpha value is -2.43. The van der Waals surface area contributed by atoms with Crippen molar-refractivity contribution in [1.29, 1.82) is 0 Å². The zero-order valence-electron chi connectivity index (χ0n) is 10.0. The molecule has 0 atom stereocenters. The van der Waals surface area contributed by atoms with E-state index >= 15 is 0 Å². The Balaban J connectivity index is 2.17. The summed E-state index contributed by atoms with van der Waals surface area (Å²) >= 11 is 0. The van der Waals surface area contributed by atoms with Gasteiger partial charge in [0.25, 0.3) is 0 Å². The monoisotopic (exact) mass is 239 g/mol. The fourth-order valence-electron chi connectivity index (χ4n) is 1.92. The van der Waals surface area contributed by atoms with E-state index in [0.29, 0.717) is 5.65 Å². The predicted molar refractivity (Wildman–Crippen MR) is 70.0 cm³/mol. The minimum atomic E-state index is 0.259. The molecule has 2 aromatic heterocycles. The van der Waals surface area contributed by atoms with Crippen molar-refractivity contribution < 1.29 is 0 Å². The molecular formula is C13H13N5. The Morgan fingerprint density at radius 2 is 1.94 bits per heavy atom. The lowest BCUT2D eigenvalue weighted by atomic mass is 10.1. The van der Waals surface area contributed by atoms with Crippen molar-refractivity contribution in [2.45, 2.75) is 13.3 Å². The van der Waals surface area contributed by atoms with E-state index in [1.807, 2.05) is 12.1 Å². The summed E-state index contributed by atoms with van der Waals surface area (Å²) in [4.78, 5) is 8.47. The van der Waals surface area contributed by atoms with Crippen LogP contribution in [-0.4, -0.2) is 19.6 Å². The third kappa shape index (κ3) is 1.69. The fraction of sp³-hybridized carbons (Fsp3) is 0.154. The van der Waals surface area contributed by atoms with Gasteiger partial charge in [-0.3, -0.25) is 0 Å². The van der Waals surface area contributed by atoms with Crippen LogP contribution >= 0.6 is 0 Å². The lowest BCUT2D eigenvalue weighted by Gasteiger charge is -2.03. The van der Waals surface area contributed by atoms with Gasteiger partial charge in [-0.15, -0.1) is 5.10 Å². The molecule has 0 saturated heterocycles. The van der Waals surface area contributed by atoms with Gasteiger partial charge in [-0.25, -0.2) is 4.98 Å². The summed E-state index contributed by atoms with van der Waals surface area (Å²) in [5.41, 5.74) is 8.62. The van der Waals surface area contributed by atoms with Gasteiger partial charge < -0.3 is 5.73 Å². The lowest BCUT2D eigenvalue weighted by molar-refractivity contribution is 0.938. The Kier molecular flexibility index (Phi) is 2.44. The fourth-order valence-corrected chi connectivity index (χ4v) is 1.92. The van der Waals surface area contributed by atoms with Gasteiger partial charge in [0.1, 0.15) is 0 Å². The molecule has 0 bridgehead atoms. The Morgan fingerprint density at radius 3 is 2.67 bits per heavy atom. The number of anilines is 1. The lowest BCUT2D eigenvalue weighted by Crippen LogP contribution is -1.97. The molecule has 0 radical (unpaired) electrons. The van der Waals surface area contributed by atoms with Crippen molar-refractivity contribution in [2.75, 3.05) is 5.73 Å². The minimum Gasteiger partial charge on any atom is -0.366 e. The second-order valence-corrected chi connectivity index (χ2v) is 4.06. The van der Waals surface area contributed by atoms with Crippen LogP contribution in [0.1, 0.15) is 12.5 Å². The van der Waals surface area contributed by atoms with E-state index in [1.54, 1.807) is 16.8 Å². The molecule has 1 aromatic carbocycles. The number of hydrogen-bond donors (Lipinski definition) is 1. The van der Waals surface area contributed by atoms with E-state index in [0.717, 1.165) is 17.8 Å². The van der Waals surface area contributed by atoms with Gasteiger partial charge in [-0.05, 0) is 12.0 Å². The molecule has 0 amide bonds. The van der Waals surface area contributed by atoms with Gasteiger partial charge in [-0.1, -0.05) is 31.2 Å². The maximum Gasteiger partial charge on any atom is 0.240 e. The Bertz CT molecular complexity index is 684. The number of nitrogens with two attached hydrogens (primary N) is 1. The Labute approximate surface area is 104 Å². The first-order chi connectivity index (χ1) is 8.78. The van der Waals surface area contributed by atoms with Gasteiger partial charge in [0.05, 0.1) is 0 Å². The number of nitrogens with zero attached hydrogens (tertiary/aromatic N) is 4. The van der Waals surface area contributed by atoms with Gasteiger partial charge in [0, 0.05) is 17.8 Å². The van der Waals surface area contributed by atoms with Crippen molar-refractivity contribution in [2.24, 2.45) is 0 Å². The maximum atomic E-state index is 5.61. The molecule has 0 saturated carbocycles. The molecule has 0 spiro atoms. The smallest absolute Gasteiger partial charge is 0.240 e. The summed E-state index contributed by atoms with van der Waals surface area (Å²) < 4.78 is 1.66. The molecule has 0 aliphatic carbocycles. The zero-order valence-corrected chi connectivity index (χ0v) is 10.0. The first-order valence-corrected chi connectivity index (χ1v) is 5.84. The quantitative estimate of drug-likeness (QED) is 0.742. The van der Waals surface area contributed by atoms with Crippen LogP contribution in [-0.2, 0) is 6.42 Å². The molecule has 3 rings (SSSR count). The zero-order chi connectivity index (χ0) is 12.5. The normalized spacial score (nSPS) is 10.9. The van der Waals surface area contributed by atoms with Crippen LogP contribution in [0.25, 0.3) is 17.0 Å². The molecular weight excluding hydrogens is 226 g/mol. The topological polar surface area (TPSA) is 69.1 Å². The number of nitrogen functional groups attached to an aromatic ring is 1. The van der Waals surface area contributed by atoms with Crippen LogP contribution in [0.5, 0.6) is 0 Å². The SMILES string of the molecule is CCc1ccc(-c2nccc3nc(N)nn23)cc1. The van der Waals surface area contributed by atoms with Crippen molar-refractivity contribution >= 4 is 11.6 Å². The highest BCUT2D eigenvalue weighted by Gasteiger charge is 2.08. The van der Waals surface area contributed by atoms with Crippen LogP contribution in [0.3, 0.4) is 0 Å². The van der Waals surface area contributed by atoms with Crippen molar-refractivity contribution in [3.63, 3.8) is 0 Å². The molecule has 0 aliphatic rings. The highest BCUT2D eigenvalue weighted by molar-refractivity contribution is 5.59. The van der Waals surface area contributed by atoms with E-state index < -0.39 is 0 Å². The van der Waals surface area contributed by atoms with Crippen molar-refractivity contribution in [1.82, 2.24) is 19.6 Å². The number of hydrogen-bond acceptors (Lipinski definition) is 4. The summed E-state index contributed by atoms with van der Waals surface area (Å²) in [6.07, 6.45) is 2.74. The van der Waals surface area contributed by atoms with E-state index in [2.05, 4.69) is 34.1 Å². The standard InChI is InChI=1S/C13H13N5/c1-2-9-3-5-10(6-4-9)12-15-8-7-11-16-13(14)17-18(11)12/h3-8H,2H2,1H3,(H2,14,17). The average molecular weight is 239 g/mol. The largest absolute Gasteiger partial charge is 0.366 e. The predicted octanol–water partition coefficient (Wildman–Crippen LogP) is 1.94. The highest BCUT2D eigenvalue weighted by Crippen LogP contribution is 2.18. The second kappa shape index (κ2) is 4.10. The summed E-state index contributed by atoms with van der Waals surface area (Å²) in [7, 11) is 0. The van der Waals surface area contributed by atoms with E-state index in [9.17, 15) is 0 Å². The van der Waals surface area contributed by atoms with Crippen LogP contribution in [0, 0.1) is 0 Å². The second-order valence-electron chi connectivity index (χ2n) is 4.06. The number of aryl methyl sites for hydroxylation is 1. The number of aromatic nitrogens is 4. The number of rotatable bonds is 2.